The second kappa shape index (κ2) is 6.14. The Bertz CT molecular complexity index is 535. The average molecular weight is 278 g/mol. The van der Waals surface area contributed by atoms with Gasteiger partial charge in [-0.15, -0.1) is 11.3 Å². The van der Waals surface area contributed by atoms with Gasteiger partial charge in [0.05, 0.1) is 19.4 Å². The number of hydrogen-bond acceptors (Lipinski definition) is 5. The van der Waals surface area contributed by atoms with Crippen LogP contribution in [0.5, 0.6) is 5.75 Å². The fourth-order valence-corrected chi connectivity index (χ4v) is 2.84. The van der Waals surface area contributed by atoms with Crippen LogP contribution in [0.25, 0.3) is 10.6 Å². The number of thiazole rings is 1. The number of ether oxygens (including phenoxy) is 2. The van der Waals surface area contributed by atoms with Crippen molar-refractivity contribution in [3.8, 4) is 16.3 Å². The summed E-state index contributed by atoms with van der Waals surface area (Å²) in [6.45, 7) is 2.45. The molecule has 0 radical (unpaired) electrons. The number of rotatable bonds is 5. The van der Waals surface area contributed by atoms with Crippen LogP contribution >= 0.6 is 11.3 Å². The van der Waals surface area contributed by atoms with E-state index in [1.54, 1.807) is 25.6 Å². The first kappa shape index (κ1) is 14.0. The third-order valence-electron chi connectivity index (χ3n) is 2.76. The molecule has 0 aliphatic rings. The summed E-state index contributed by atoms with van der Waals surface area (Å²) in [5.41, 5.74) is 7.97. The summed E-state index contributed by atoms with van der Waals surface area (Å²) >= 11 is 1.62. The quantitative estimate of drug-likeness (QED) is 0.913. The van der Waals surface area contributed by atoms with E-state index in [9.17, 15) is 0 Å². The van der Waals surface area contributed by atoms with Crippen LogP contribution in [-0.2, 0) is 11.3 Å². The van der Waals surface area contributed by atoms with Crippen LogP contribution in [0, 0.1) is 0 Å². The van der Waals surface area contributed by atoms with Crippen molar-refractivity contribution in [3.05, 3.63) is 34.8 Å². The molecule has 2 aromatic rings. The molecule has 1 atom stereocenters. The van der Waals surface area contributed by atoms with Gasteiger partial charge in [0.1, 0.15) is 10.8 Å². The van der Waals surface area contributed by atoms with E-state index < -0.39 is 0 Å². The fourth-order valence-electron chi connectivity index (χ4n) is 1.82. The normalized spacial score (nSPS) is 12.4. The molecule has 0 fully saturated rings. The average Bonchev–Trinajstić information content (AvgIpc) is 2.83. The van der Waals surface area contributed by atoms with Crippen molar-refractivity contribution < 1.29 is 9.47 Å². The second-order valence-electron chi connectivity index (χ2n) is 4.28. The Morgan fingerprint density at radius 2 is 1.95 bits per heavy atom. The van der Waals surface area contributed by atoms with E-state index in [-0.39, 0.29) is 6.04 Å². The van der Waals surface area contributed by atoms with E-state index in [0.717, 1.165) is 26.9 Å². The highest BCUT2D eigenvalue weighted by Crippen LogP contribution is 2.32. The van der Waals surface area contributed by atoms with Crippen LogP contribution in [0.15, 0.2) is 24.3 Å². The van der Waals surface area contributed by atoms with Crippen LogP contribution in [0.2, 0.25) is 0 Å². The van der Waals surface area contributed by atoms with E-state index in [0.29, 0.717) is 6.61 Å². The fraction of sp³-hybridized carbons (Fsp3) is 0.357. The van der Waals surface area contributed by atoms with E-state index in [2.05, 4.69) is 4.98 Å². The Balaban J connectivity index is 2.35. The van der Waals surface area contributed by atoms with Gasteiger partial charge in [0, 0.05) is 23.6 Å². The minimum atomic E-state index is -0.0327. The summed E-state index contributed by atoms with van der Waals surface area (Å²) in [5, 5.41) is 0.960. The van der Waals surface area contributed by atoms with Gasteiger partial charge in [0.2, 0.25) is 0 Å². The maximum absolute atomic E-state index is 5.98. The molecule has 1 aromatic carbocycles. The van der Waals surface area contributed by atoms with Crippen molar-refractivity contribution in [1.29, 1.82) is 0 Å². The molecule has 0 amide bonds. The minimum Gasteiger partial charge on any atom is -0.497 e. The molecule has 1 unspecified atom stereocenters. The van der Waals surface area contributed by atoms with Crippen molar-refractivity contribution in [2.45, 2.75) is 19.6 Å². The third-order valence-corrected chi connectivity index (χ3v) is 4.11. The van der Waals surface area contributed by atoms with Gasteiger partial charge in [-0.25, -0.2) is 4.98 Å². The van der Waals surface area contributed by atoms with Crippen LogP contribution in [-0.4, -0.2) is 19.2 Å². The molecule has 102 valence electrons. The van der Waals surface area contributed by atoms with E-state index in [1.165, 1.54) is 0 Å². The molecule has 1 aromatic heterocycles. The lowest BCUT2D eigenvalue weighted by atomic mass is 10.2. The standard InChI is InChI=1S/C14H18N2O2S/c1-9(15)13-12(8-17-2)16-14(19-13)10-4-6-11(18-3)7-5-10/h4-7,9H,8,15H2,1-3H3. The number of hydrogen-bond donors (Lipinski definition) is 1. The molecular formula is C14H18N2O2S. The summed E-state index contributed by atoms with van der Waals surface area (Å²) in [5.74, 6) is 0.838. The lowest BCUT2D eigenvalue weighted by Crippen LogP contribution is -2.06. The van der Waals surface area contributed by atoms with Crippen LogP contribution in [0.1, 0.15) is 23.5 Å². The Hall–Kier alpha value is -1.43. The van der Waals surface area contributed by atoms with Gasteiger partial charge in [-0.05, 0) is 31.2 Å². The first-order valence-corrected chi connectivity index (χ1v) is 6.86. The Kier molecular flexibility index (Phi) is 4.52. The lowest BCUT2D eigenvalue weighted by molar-refractivity contribution is 0.181. The summed E-state index contributed by atoms with van der Waals surface area (Å²) in [6.07, 6.45) is 0. The van der Waals surface area contributed by atoms with E-state index in [1.807, 2.05) is 31.2 Å². The molecule has 2 rings (SSSR count). The maximum atomic E-state index is 5.98. The number of nitrogens with zero attached hydrogens (tertiary/aromatic N) is 1. The molecule has 5 heteroatoms. The minimum absolute atomic E-state index is 0.0327. The van der Waals surface area contributed by atoms with Gasteiger partial charge in [-0.2, -0.15) is 0 Å². The molecule has 1 heterocycles. The highest BCUT2D eigenvalue weighted by atomic mass is 32.1. The zero-order valence-electron chi connectivity index (χ0n) is 11.3. The zero-order chi connectivity index (χ0) is 13.8. The SMILES string of the molecule is COCc1nc(-c2ccc(OC)cc2)sc1C(C)N. The van der Waals surface area contributed by atoms with Crippen molar-refractivity contribution in [2.75, 3.05) is 14.2 Å². The van der Waals surface area contributed by atoms with Gasteiger partial charge in [-0.3, -0.25) is 0 Å². The van der Waals surface area contributed by atoms with Gasteiger partial charge in [-0.1, -0.05) is 0 Å². The zero-order valence-corrected chi connectivity index (χ0v) is 12.2. The van der Waals surface area contributed by atoms with E-state index >= 15 is 0 Å². The Morgan fingerprint density at radius 1 is 1.26 bits per heavy atom. The van der Waals surface area contributed by atoms with Gasteiger partial charge < -0.3 is 15.2 Å². The summed E-state index contributed by atoms with van der Waals surface area (Å²) in [4.78, 5) is 5.70. The Morgan fingerprint density at radius 3 is 2.47 bits per heavy atom. The highest BCUT2D eigenvalue weighted by molar-refractivity contribution is 7.15. The predicted octanol–water partition coefficient (Wildman–Crippen LogP) is 2.98. The molecule has 4 nitrogen and oxygen atoms in total. The number of aromatic nitrogens is 1. The Labute approximate surface area is 117 Å². The van der Waals surface area contributed by atoms with Crippen molar-refractivity contribution in [2.24, 2.45) is 5.73 Å². The first-order chi connectivity index (χ1) is 9.15. The molecular weight excluding hydrogens is 260 g/mol. The highest BCUT2D eigenvalue weighted by Gasteiger charge is 2.15. The summed E-state index contributed by atoms with van der Waals surface area (Å²) < 4.78 is 10.3. The molecule has 0 saturated heterocycles. The molecule has 0 spiro atoms. The smallest absolute Gasteiger partial charge is 0.124 e. The largest absolute Gasteiger partial charge is 0.497 e. The molecule has 0 aliphatic heterocycles. The third kappa shape index (κ3) is 3.12. The number of methoxy groups -OCH3 is 2. The molecule has 0 bridgehead atoms. The van der Waals surface area contributed by atoms with E-state index in [4.69, 9.17) is 15.2 Å². The molecule has 0 saturated carbocycles. The van der Waals surface area contributed by atoms with Gasteiger partial charge in [0.25, 0.3) is 0 Å². The predicted molar refractivity (Wildman–Crippen MR) is 77.4 cm³/mol. The number of nitrogens with two attached hydrogens (primary N) is 1. The van der Waals surface area contributed by atoms with Crippen LogP contribution in [0.4, 0.5) is 0 Å². The maximum Gasteiger partial charge on any atom is 0.124 e. The van der Waals surface area contributed by atoms with Crippen molar-refractivity contribution >= 4 is 11.3 Å². The first-order valence-electron chi connectivity index (χ1n) is 6.04. The van der Waals surface area contributed by atoms with Gasteiger partial charge >= 0.3 is 0 Å². The molecule has 19 heavy (non-hydrogen) atoms. The molecule has 2 N–H and O–H groups in total. The van der Waals surface area contributed by atoms with Crippen LogP contribution < -0.4 is 10.5 Å². The van der Waals surface area contributed by atoms with Crippen LogP contribution in [0.3, 0.4) is 0 Å². The molecule has 0 aliphatic carbocycles. The van der Waals surface area contributed by atoms with Crippen molar-refractivity contribution in [3.63, 3.8) is 0 Å². The summed E-state index contributed by atoms with van der Waals surface area (Å²) in [7, 11) is 3.32. The monoisotopic (exact) mass is 278 g/mol. The lowest BCUT2D eigenvalue weighted by Gasteiger charge is -2.03. The van der Waals surface area contributed by atoms with Gasteiger partial charge in [0.15, 0.2) is 0 Å². The topological polar surface area (TPSA) is 57.4 Å². The summed E-state index contributed by atoms with van der Waals surface area (Å²) in [6, 6.07) is 7.82. The second-order valence-corrected chi connectivity index (χ2v) is 5.31. The van der Waals surface area contributed by atoms with Crippen molar-refractivity contribution in [1.82, 2.24) is 4.98 Å². The number of benzene rings is 1.